The summed E-state index contributed by atoms with van der Waals surface area (Å²) in [6.07, 6.45) is 0.400. The van der Waals surface area contributed by atoms with Gasteiger partial charge in [-0.15, -0.1) is 11.3 Å². The highest BCUT2D eigenvalue weighted by Crippen LogP contribution is 2.51. The van der Waals surface area contributed by atoms with Gasteiger partial charge in [0.05, 0.1) is 9.21 Å². The van der Waals surface area contributed by atoms with E-state index >= 15 is 0 Å². The van der Waals surface area contributed by atoms with Crippen molar-refractivity contribution < 1.29 is 14.7 Å². The predicted molar refractivity (Wildman–Crippen MR) is 81.0 cm³/mol. The average Bonchev–Trinajstić information content (AvgIpc) is 3.04. The van der Waals surface area contributed by atoms with Gasteiger partial charge in [0.25, 0.3) is 5.91 Å². The quantitative estimate of drug-likeness (QED) is 0.909. The number of carbonyl (C=O) groups is 2. The minimum atomic E-state index is -1.21. The number of rotatable bonds is 4. The van der Waals surface area contributed by atoms with E-state index in [4.69, 9.17) is 11.6 Å². The molecule has 0 aliphatic heterocycles. The molecule has 1 aromatic heterocycles. The fourth-order valence-corrected chi connectivity index (χ4v) is 3.42. The van der Waals surface area contributed by atoms with Crippen LogP contribution >= 0.6 is 22.9 Å². The normalized spacial score (nSPS) is 23.6. The molecule has 1 aliphatic carbocycles. The SMILES string of the molecule is O=C(NC1(C(=O)O)CC1c1ccccc1)c1ccc(Cl)s1. The summed E-state index contributed by atoms with van der Waals surface area (Å²) in [5.74, 6) is -1.60. The van der Waals surface area contributed by atoms with Crippen LogP contribution in [0.25, 0.3) is 0 Å². The third-order valence-corrected chi connectivity index (χ3v) is 4.91. The number of amides is 1. The fourth-order valence-electron chi connectivity index (χ4n) is 2.48. The van der Waals surface area contributed by atoms with Crippen LogP contribution in [-0.2, 0) is 4.79 Å². The largest absolute Gasteiger partial charge is 0.479 e. The van der Waals surface area contributed by atoms with Gasteiger partial charge < -0.3 is 10.4 Å². The van der Waals surface area contributed by atoms with Crippen molar-refractivity contribution in [2.75, 3.05) is 0 Å². The van der Waals surface area contributed by atoms with Gasteiger partial charge in [-0.25, -0.2) is 4.79 Å². The van der Waals surface area contributed by atoms with Crippen molar-refractivity contribution >= 4 is 34.8 Å². The van der Waals surface area contributed by atoms with Crippen LogP contribution in [0.15, 0.2) is 42.5 Å². The van der Waals surface area contributed by atoms with E-state index in [0.29, 0.717) is 15.6 Å². The molecular weight excluding hydrogens is 310 g/mol. The second-order valence-electron chi connectivity index (χ2n) is 5.00. The number of benzene rings is 1. The lowest BCUT2D eigenvalue weighted by molar-refractivity contribution is -0.140. The van der Waals surface area contributed by atoms with Gasteiger partial charge in [0.15, 0.2) is 0 Å². The predicted octanol–water partition coefficient (Wildman–Crippen LogP) is 3.14. The molecule has 21 heavy (non-hydrogen) atoms. The van der Waals surface area contributed by atoms with Crippen molar-refractivity contribution in [3.8, 4) is 0 Å². The summed E-state index contributed by atoms with van der Waals surface area (Å²) in [6, 6.07) is 12.6. The molecule has 0 saturated heterocycles. The van der Waals surface area contributed by atoms with Crippen LogP contribution in [0.1, 0.15) is 27.6 Å². The second kappa shape index (κ2) is 5.16. The molecule has 2 unspecified atom stereocenters. The smallest absolute Gasteiger partial charge is 0.330 e. The highest BCUT2D eigenvalue weighted by molar-refractivity contribution is 7.18. The molecule has 2 N–H and O–H groups in total. The lowest BCUT2D eigenvalue weighted by Crippen LogP contribution is -2.44. The Morgan fingerprint density at radius 3 is 2.52 bits per heavy atom. The van der Waals surface area contributed by atoms with Crippen LogP contribution in [0.4, 0.5) is 0 Å². The van der Waals surface area contributed by atoms with Crippen LogP contribution in [0, 0.1) is 0 Å². The van der Waals surface area contributed by atoms with Crippen molar-refractivity contribution in [1.29, 1.82) is 0 Å². The Kier molecular flexibility index (Phi) is 3.47. The van der Waals surface area contributed by atoms with Gasteiger partial charge in [-0.1, -0.05) is 41.9 Å². The standard InChI is InChI=1S/C15H12ClNO3S/c16-12-7-6-11(21-12)13(18)17-15(14(19)20)8-10(15)9-4-2-1-3-5-9/h1-7,10H,8H2,(H,17,18)(H,19,20). The topological polar surface area (TPSA) is 66.4 Å². The number of aliphatic carboxylic acids is 1. The van der Waals surface area contributed by atoms with E-state index < -0.39 is 17.4 Å². The molecule has 1 amide bonds. The van der Waals surface area contributed by atoms with Gasteiger partial charge in [-0.2, -0.15) is 0 Å². The van der Waals surface area contributed by atoms with Gasteiger partial charge in [0.1, 0.15) is 5.54 Å². The van der Waals surface area contributed by atoms with Crippen LogP contribution in [0.5, 0.6) is 0 Å². The molecule has 3 rings (SSSR count). The zero-order valence-corrected chi connectivity index (χ0v) is 12.4. The molecule has 0 spiro atoms. The summed E-state index contributed by atoms with van der Waals surface area (Å²) >= 11 is 6.93. The number of carboxylic acids is 1. The van der Waals surface area contributed by atoms with Crippen LogP contribution < -0.4 is 5.32 Å². The monoisotopic (exact) mass is 321 g/mol. The van der Waals surface area contributed by atoms with Crippen molar-refractivity contribution in [2.45, 2.75) is 17.9 Å². The zero-order chi connectivity index (χ0) is 15.0. The van der Waals surface area contributed by atoms with E-state index in [1.165, 1.54) is 0 Å². The van der Waals surface area contributed by atoms with Gasteiger partial charge in [-0.3, -0.25) is 4.79 Å². The number of nitrogens with one attached hydrogen (secondary N) is 1. The molecule has 1 saturated carbocycles. The van der Waals surface area contributed by atoms with Crippen LogP contribution in [0.3, 0.4) is 0 Å². The van der Waals surface area contributed by atoms with Crippen molar-refractivity contribution in [1.82, 2.24) is 5.32 Å². The first-order valence-corrected chi connectivity index (χ1v) is 7.58. The molecule has 4 nitrogen and oxygen atoms in total. The third-order valence-electron chi connectivity index (χ3n) is 3.68. The highest BCUT2D eigenvalue weighted by Gasteiger charge is 2.62. The Balaban J connectivity index is 1.81. The Morgan fingerprint density at radius 1 is 1.24 bits per heavy atom. The van der Waals surface area contributed by atoms with Gasteiger partial charge in [0, 0.05) is 5.92 Å². The first-order chi connectivity index (χ1) is 10.0. The first kappa shape index (κ1) is 14.1. The van der Waals surface area contributed by atoms with E-state index in [1.807, 2.05) is 30.3 Å². The van der Waals surface area contributed by atoms with E-state index in [1.54, 1.807) is 12.1 Å². The van der Waals surface area contributed by atoms with Crippen molar-refractivity contribution in [2.24, 2.45) is 0 Å². The maximum atomic E-state index is 12.2. The maximum Gasteiger partial charge on any atom is 0.330 e. The lowest BCUT2D eigenvalue weighted by Gasteiger charge is -2.14. The third kappa shape index (κ3) is 2.54. The Labute approximate surface area is 130 Å². The number of halogens is 1. The molecule has 1 heterocycles. The van der Waals surface area contributed by atoms with Crippen LogP contribution in [0.2, 0.25) is 4.34 Å². The average molecular weight is 322 g/mol. The van der Waals surface area contributed by atoms with Gasteiger partial charge >= 0.3 is 5.97 Å². The summed E-state index contributed by atoms with van der Waals surface area (Å²) < 4.78 is 0.500. The molecule has 2 atom stereocenters. The minimum Gasteiger partial charge on any atom is -0.479 e. The second-order valence-corrected chi connectivity index (χ2v) is 6.72. The number of carbonyl (C=O) groups excluding carboxylic acids is 1. The van der Waals surface area contributed by atoms with E-state index in [9.17, 15) is 14.7 Å². The van der Waals surface area contributed by atoms with E-state index in [0.717, 1.165) is 16.9 Å². The maximum absolute atomic E-state index is 12.2. The van der Waals surface area contributed by atoms with E-state index in [2.05, 4.69) is 5.32 Å². The summed E-state index contributed by atoms with van der Waals surface area (Å²) in [5, 5.41) is 12.2. The molecule has 108 valence electrons. The minimum absolute atomic E-state index is 0.199. The Bertz CT molecular complexity index is 700. The molecular formula is C15H12ClNO3S. The summed E-state index contributed by atoms with van der Waals surface area (Å²) in [5.41, 5.74) is -0.293. The van der Waals surface area contributed by atoms with E-state index in [-0.39, 0.29) is 5.92 Å². The summed E-state index contributed by atoms with van der Waals surface area (Å²) in [6.45, 7) is 0. The molecule has 1 aliphatic rings. The zero-order valence-electron chi connectivity index (χ0n) is 10.9. The van der Waals surface area contributed by atoms with Gasteiger partial charge in [-0.05, 0) is 24.1 Å². The summed E-state index contributed by atoms with van der Waals surface area (Å²) in [7, 11) is 0. The highest BCUT2D eigenvalue weighted by atomic mass is 35.5. The van der Waals surface area contributed by atoms with Crippen molar-refractivity contribution in [3.05, 3.63) is 57.2 Å². The lowest BCUT2D eigenvalue weighted by atomic mass is 10.1. The molecule has 1 fully saturated rings. The van der Waals surface area contributed by atoms with Crippen molar-refractivity contribution in [3.63, 3.8) is 0 Å². The molecule has 1 aromatic carbocycles. The fraction of sp³-hybridized carbons (Fsp3) is 0.200. The Morgan fingerprint density at radius 2 is 1.95 bits per heavy atom. The Hall–Kier alpha value is -1.85. The number of thiophene rings is 1. The molecule has 2 aromatic rings. The van der Waals surface area contributed by atoms with Gasteiger partial charge in [0.2, 0.25) is 0 Å². The summed E-state index contributed by atoms with van der Waals surface area (Å²) in [4.78, 5) is 24.2. The number of hydrogen-bond acceptors (Lipinski definition) is 3. The number of carboxylic acid groups (broad SMARTS) is 1. The molecule has 0 bridgehead atoms. The first-order valence-electron chi connectivity index (χ1n) is 6.39. The van der Waals surface area contributed by atoms with Crippen LogP contribution in [-0.4, -0.2) is 22.5 Å². The molecule has 0 radical (unpaired) electrons. The number of hydrogen-bond donors (Lipinski definition) is 2. The molecule has 6 heteroatoms.